The first kappa shape index (κ1) is 28.3. The summed E-state index contributed by atoms with van der Waals surface area (Å²) in [7, 11) is -4.20. The lowest BCUT2D eigenvalue weighted by atomic mass is 9.88. The van der Waals surface area contributed by atoms with Gasteiger partial charge in [-0.05, 0) is 60.3 Å². The molecule has 1 aliphatic heterocycles. The smallest absolute Gasteiger partial charge is 0.310 e. The van der Waals surface area contributed by atoms with E-state index in [9.17, 15) is 18.3 Å². The minimum Gasteiger partial charge on any atom is -0.511 e. The summed E-state index contributed by atoms with van der Waals surface area (Å²) < 4.78 is 36.5. The predicted octanol–water partition coefficient (Wildman–Crippen LogP) is 6.22. The highest BCUT2D eigenvalue weighted by molar-refractivity contribution is 7.92. The van der Waals surface area contributed by atoms with Crippen LogP contribution in [-0.2, 0) is 32.5 Å². The highest BCUT2D eigenvalue weighted by Gasteiger charge is 2.41. The van der Waals surface area contributed by atoms with Gasteiger partial charge in [0.05, 0.1) is 37.0 Å². The van der Waals surface area contributed by atoms with Crippen molar-refractivity contribution in [2.24, 2.45) is 0 Å². The number of benzene rings is 2. The topological polar surface area (TPSA) is 88.8 Å². The lowest BCUT2D eigenvalue weighted by molar-refractivity contribution is -0.139. The van der Waals surface area contributed by atoms with E-state index in [4.69, 9.17) is 16.3 Å². The number of ether oxygens (including phenoxy) is 1. The van der Waals surface area contributed by atoms with Crippen molar-refractivity contribution in [1.82, 2.24) is 4.57 Å². The van der Waals surface area contributed by atoms with Crippen LogP contribution in [0.25, 0.3) is 22.0 Å². The average molecular weight is 575 g/mol. The zero-order valence-electron chi connectivity index (χ0n) is 22.8. The number of esters is 1. The van der Waals surface area contributed by atoms with Crippen LogP contribution in [0.4, 0.5) is 5.69 Å². The Hall–Kier alpha value is -2.75. The number of halogens is 1. The van der Waals surface area contributed by atoms with Crippen LogP contribution in [0.15, 0.2) is 42.7 Å². The van der Waals surface area contributed by atoms with Crippen LogP contribution in [0.1, 0.15) is 16.8 Å². The molecule has 0 amide bonds. The van der Waals surface area contributed by atoms with Gasteiger partial charge in [0.1, 0.15) is 11.8 Å². The first-order valence-electron chi connectivity index (χ1n) is 12.5. The quantitative estimate of drug-likeness (QED) is 0.196. The SMILES string of the molecule is C=C(O)[C@@H]1Cn2c(C)cc3c(-c4ccc(Cl)cc4)c(CC(=O)OC)c(C)c(c32)N1S(=O)(=O)CC[Si](C)(C)C. The fraction of sp³-hybridized carbons (Fsp3) is 0.393. The number of carbonyl (C=O) groups excluding carboxylic acids is 1. The van der Waals surface area contributed by atoms with E-state index >= 15 is 0 Å². The highest BCUT2D eigenvalue weighted by atomic mass is 35.5. The first-order valence-corrected chi connectivity index (χ1v) is 18.2. The van der Waals surface area contributed by atoms with Crippen molar-refractivity contribution in [3.05, 3.63) is 64.5 Å². The maximum absolute atomic E-state index is 14.0. The Morgan fingerprint density at radius 3 is 2.39 bits per heavy atom. The van der Waals surface area contributed by atoms with Crippen LogP contribution in [0, 0.1) is 13.8 Å². The third-order valence-electron chi connectivity index (χ3n) is 7.24. The molecule has 0 radical (unpaired) electrons. The van der Waals surface area contributed by atoms with Crippen LogP contribution >= 0.6 is 11.6 Å². The van der Waals surface area contributed by atoms with E-state index in [1.54, 1.807) is 12.1 Å². The van der Waals surface area contributed by atoms with Gasteiger partial charge in [-0.15, -0.1) is 0 Å². The second-order valence-corrected chi connectivity index (χ2v) is 19.2. The number of aryl methyl sites for hydroxylation is 1. The second-order valence-electron chi connectivity index (χ2n) is 11.2. The van der Waals surface area contributed by atoms with Crippen molar-refractivity contribution in [2.75, 3.05) is 17.2 Å². The van der Waals surface area contributed by atoms with E-state index in [1.807, 2.05) is 36.6 Å². The van der Waals surface area contributed by atoms with E-state index in [0.717, 1.165) is 27.7 Å². The van der Waals surface area contributed by atoms with Crippen molar-refractivity contribution in [3.63, 3.8) is 0 Å². The van der Waals surface area contributed by atoms with E-state index in [2.05, 4.69) is 26.2 Å². The standard InChI is InChI=1S/C28H35ClN2O5SSi/c1-17-14-23-26(20-8-10-21(29)11-9-20)22(15-25(33)36-4)18(2)27-28(23)30(17)16-24(19(3)32)31(27)37(34,35)12-13-38(5,6)7/h8-11,14,24,32H,3,12-13,15-16H2,1-2,4-7H3/t24-/m0/s1. The molecule has 3 aromatic rings. The molecule has 4 rings (SSSR count). The zero-order chi connectivity index (χ0) is 28.2. The van der Waals surface area contributed by atoms with Crippen LogP contribution in [0.2, 0.25) is 30.7 Å². The summed E-state index contributed by atoms with van der Waals surface area (Å²) in [6.07, 6.45) is -0.0407. The molecule has 204 valence electrons. The summed E-state index contributed by atoms with van der Waals surface area (Å²) in [5.74, 6) is -0.680. The van der Waals surface area contributed by atoms with Crippen LogP contribution in [0.3, 0.4) is 0 Å². The predicted molar refractivity (Wildman–Crippen MR) is 158 cm³/mol. The maximum atomic E-state index is 14.0. The highest BCUT2D eigenvalue weighted by Crippen LogP contribution is 2.47. The number of sulfonamides is 1. The van der Waals surface area contributed by atoms with E-state index in [1.165, 1.54) is 11.4 Å². The summed E-state index contributed by atoms with van der Waals surface area (Å²) in [5, 5.41) is 12.1. The molecule has 1 aromatic heterocycles. The van der Waals surface area contributed by atoms with E-state index in [-0.39, 0.29) is 24.5 Å². The Labute approximate surface area is 230 Å². The van der Waals surface area contributed by atoms with Gasteiger partial charge >= 0.3 is 5.97 Å². The lowest BCUT2D eigenvalue weighted by Crippen LogP contribution is -2.48. The average Bonchev–Trinajstić information content (AvgIpc) is 3.16. The second kappa shape index (κ2) is 10.1. The largest absolute Gasteiger partial charge is 0.511 e. The Kier molecular flexibility index (Phi) is 7.50. The molecule has 0 bridgehead atoms. The summed E-state index contributed by atoms with van der Waals surface area (Å²) in [6.45, 7) is 14.2. The normalized spacial score (nSPS) is 15.7. The Balaban J connectivity index is 2.10. The van der Waals surface area contributed by atoms with E-state index in [0.29, 0.717) is 27.9 Å². The summed E-state index contributed by atoms with van der Waals surface area (Å²) in [5.41, 5.74) is 5.17. The molecule has 2 aromatic carbocycles. The van der Waals surface area contributed by atoms with Gasteiger partial charge in [-0.1, -0.05) is 50.0 Å². The Morgan fingerprint density at radius 1 is 1.21 bits per heavy atom. The molecule has 38 heavy (non-hydrogen) atoms. The van der Waals surface area contributed by atoms with Gasteiger partial charge in [0.2, 0.25) is 10.0 Å². The minimum atomic E-state index is -3.85. The van der Waals surface area contributed by atoms with Crippen molar-refractivity contribution in [3.8, 4) is 11.1 Å². The molecule has 0 fully saturated rings. The van der Waals surface area contributed by atoms with Gasteiger partial charge in [-0.3, -0.25) is 9.10 Å². The Bertz CT molecular complexity index is 1540. The summed E-state index contributed by atoms with van der Waals surface area (Å²) >= 11 is 6.18. The number of aromatic nitrogens is 1. The van der Waals surface area contributed by atoms with Crippen LogP contribution in [0.5, 0.6) is 0 Å². The van der Waals surface area contributed by atoms with E-state index < -0.39 is 30.1 Å². The van der Waals surface area contributed by atoms with Gasteiger partial charge in [-0.25, -0.2) is 8.42 Å². The number of aliphatic hydroxyl groups excluding tert-OH is 1. The summed E-state index contributed by atoms with van der Waals surface area (Å²) in [4.78, 5) is 12.6. The molecule has 1 atom stereocenters. The van der Waals surface area contributed by atoms with Crippen LogP contribution < -0.4 is 4.31 Å². The third kappa shape index (κ3) is 5.11. The number of carbonyl (C=O) groups is 1. The molecule has 0 spiro atoms. The number of aliphatic hydroxyl groups is 1. The molecular weight excluding hydrogens is 540 g/mol. The zero-order valence-corrected chi connectivity index (χ0v) is 25.3. The molecule has 2 heterocycles. The molecule has 1 N–H and O–H groups in total. The van der Waals surface area contributed by atoms with Gasteiger partial charge in [0.15, 0.2) is 0 Å². The molecule has 10 heteroatoms. The van der Waals surface area contributed by atoms with Gasteiger partial charge in [0.25, 0.3) is 0 Å². The minimum absolute atomic E-state index is 0.0294. The number of anilines is 1. The number of rotatable bonds is 8. The molecular formula is C28H35ClN2O5SSi. The molecule has 1 aliphatic rings. The molecule has 0 unspecified atom stereocenters. The van der Waals surface area contributed by atoms with Gasteiger partial charge in [0, 0.05) is 24.2 Å². The fourth-order valence-electron chi connectivity index (χ4n) is 5.19. The molecule has 0 saturated heterocycles. The Morgan fingerprint density at radius 2 is 1.84 bits per heavy atom. The first-order chi connectivity index (χ1) is 17.7. The van der Waals surface area contributed by atoms with Crippen molar-refractivity contribution >= 4 is 52.3 Å². The summed E-state index contributed by atoms with van der Waals surface area (Å²) in [6, 6.07) is 9.11. The van der Waals surface area contributed by atoms with Gasteiger partial charge in [-0.2, -0.15) is 0 Å². The number of hydrogen-bond acceptors (Lipinski definition) is 5. The lowest BCUT2D eigenvalue weighted by Gasteiger charge is -2.39. The fourth-order valence-corrected chi connectivity index (χ4v) is 10.1. The monoisotopic (exact) mass is 574 g/mol. The number of hydrogen-bond donors (Lipinski definition) is 1. The molecule has 0 aliphatic carbocycles. The third-order valence-corrected chi connectivity index (χ3v) is 11.4. The molecule has 0 saturated carbocycles. The van der Waals surface area contributed by atoms with Crippen molar-refractivity contribution in [2.45, 2.75) is 58.5 Å². The van der Waals surface area contributed by atoms with Crippen molar-refractivity contribution < 1.29 is 23.1 Å². The molecule has 7 nitrogen and oxygen atoms in total. The van der Waals surface area contributed by atoms with Crippen molar-refractivity contribution in [1.29, 1.82) is 0 Å². The maximum Gasteiger partial charge on any atom is 0.310 e. The van der Waals surface area contributed by atoms with Gasteiger partial charge < -0.3 is 14.4 Å². The van der Waals surface area contributed by atoms with Crippen LogP contribution in [-0.4, -0.2) is 51.0 Å². The number of nitrogens with zero attached hydrogens (tertiary/aromatic N) is 2. The number of methoxy groups -OCH3 is 1.